The van der Waals surface area contributed by atoms with Gasteiger partial charge in [-0.25, -0.2) is 9.67 Å². The van der Waals surface area contributed by atoms with E-state index in [9.17, 15) is 4.79 Å². The molecule has 1 aromatic carbocycles. The fraction of sp³-hybridized carbons (Fsp3) is 0.250. The molecule has 22 heavy (non-hydrogen) atoms. The Hall–Kier alpha value is -2.76. The highest BCUT2D eigenvalue weighted by atomic mass is 16.1. The van der Waals surface area contributed by atoms with Crippen LogP contribution in [0, 0.1) is 5.92 Å². The van der Waals surface area contributed by atoms with Crippen molar-refractivity contribution in [1.82, 2.24) is 24.5 Å². The van der Waals surface area contributed by atoms with Crippen molar-refractivity contribution in [2.75, 3.05) is 0 Å². The highest BCUT2D eigenvalue weighted by Crippen LogP contribution is 2.45. The highest BCUT2D eigenvalue weighted by molar-refractivity contribution is 5.97. The van der Waals surface area contributed by atoms with Gasteiger partial charge in [0.1, 0.15) is 5.69 Å². The molecular formula is C16H13N5O. The van der Waals surface area contributed by atoms with Crippen LogP contribution in [0.15, 0.2) is 43.0 Å². The van der Waals surface area contributed by atoms with Gasteiger partial charge in [-0.3, -0.25) is 4.79 Å². The van der Waals surface area contributed by atoms with Crippen molar-refractivity contribution in [2.24, 2.45) is 5.92 Å². The van der Waals surface area contributed by atoms with Crippen molar-refractivity contribution in [3.8, 4) is 11.3 Å². The van der Waals surface area contributed by atoms with E-state index in [1.54, 1.807) is 10.9 Å². The van der Waals surface area contributed by atoms with Crippen LogP contribution in [0.3, 0.4) is 0 Å². The lowest BCUT2D eigenvalue weighted by molar-refractivity contribution is 0.0839. The van der Waals surface area contributed by atoms with Gasteiger partial charge in [0.25, 0.3) is 0 Å². The van der Waals surface area contributed by atoms with Gasteiger partial charge in [-0.1, -0.05) is 29.5 Å². The molecule has 0 fully saturated rings. The van der Waals surface area contributed by atoms with Crippen LogP contribution < -0.4 is 0 Å². The molecule has 0 saturated carbocycles. The molecule has 2 aliphatic heterocycles. The first-order chi connectivity index (χ1) is 10.8. The van der Waals surface area contributed by atoms with Crippen LogP contribution >= 0.6 is 0 Å². The van der Waals surface area contributed by atoms with Crippen LogP contribution in [0.4, 0.5) is 0 Å². The van der Waals surface area contributed by atoms with E-state index in [2.05, 4.69) is 32.0 Å². The number of aromatic nitrogens is 5. The molecule has 0 saturated heterocycles. The van der Waals surface area contributed by atoms with Crippen molar-refractivity contribution in [2.45, 2.75) is 19.0 Å². The molecule has 0 spiro atoms. The summed E-state index contributed by atoms with van der Waals surface area (Å²) in [6, 6.07) is 8.29. The second-order valence-corrected chi connectivity index (χ2v) is 5.82. The van der Waals surface area contributed by atoms with Crippen LogP contribution in [0.1, 0.15) is 28.5 Å². The van der Waals surface area contributed by atoms with E-state index >= 15 is 0 Å². The summed E-state index contributed by atoms with van der Waals surface area (Å²) in [6.07, 6.45) is 6.05. The predicted octanol–water partition coefficient (Wildman–Crippen LogP) is 1.95. The molecule has 2 unspecified atom stereocenters. The van der Waals surface area contributed by atoms with Crippen molar-refractivity contribution in [3.05, 3.63) is 54.2 Å². The largest absolute Gasteiger partial charge is 0.322 e. The maximum atomic E-state index is 12.9. The van der Waals surface area contributed by atoms with Crippen LogP contribution in [-0.2, 0) is 6.54 Å². The third kappa shape index (κ3) is 1.39. The lowest BCUT2D eigenvalue weighted by Crippen LogP contribution is -2.32. The van der Waals surface area contributed by atoms with Gasteiger partial charge in [0.2, 0.25) is 0 Å². The second-order valence-electron chi connectivity index (χ2n) is 5.82. The summed E-state index contributed by atoms with van der Waals surface area (Å²) in [5.41, 5.74) is 4.09. The number of ketones is 1. The van der Waals surface area contributed by atoms with E-state index in [1.165, 1.54) is 11.1 Å². The Morgan fingerprint density at radius 1 is 1.14 bits per heavy atom. The molecule has 4 heterocycles. The maximum absolute atomic E-state index is 12.9. The topological polar surface area (TPSA) is 65.6 Å². The van der Waals surface area contributed by atoms with E-state index in [1.807, 2.05) is 24.7 Å². The number of fused-ring (bicyclic) bond motifs is 4. The minimum Gasteiger partial charge on any atom is -0.322 e. The number of nitrogens with zero attached hydrogens (tertiary/aromatic N) is 5. The average molecular weight is 291 g/mol. The van der Waals surface area contributed by atoms with Gasteiger partial charge in [-0.2, -0.15) is 0 Å². The van der Waals surface area contributed by atoms with Crippen LogP contribution in [0.5, 0.6) is 0 Å². The van der Waals surface area contributed by atoms with Crippen LogP contribution in [0.2, 0.25) is 0 Å². The lowest BCUT2D eigenvalue weighted by atomic mass is 9.84. The van der Waals surface area contributed by atoms with Crippen LogP contribution in [0.25, 0.3) is 11.3 Å². The minimum absolute atomic E-state index is 0.0184. The second kappa shape index (κ2) is 4.13. The van der Waals surface area contributed by atoms with Gasteiger partial charge in [0, 0.05) is 12.1 Å². The molecular weight excluding hydrogens is 278 g/mol. The number of hydrogen-bond acceptors (Lipinski definition) is 4. The molecule has 3 aromatic rings. The van der Waals surface area contributed by atoms with Crippen molar-refractivity contribution >= 4 is 5.78 Å². The van der Waals surface area contributed by atoms with Crippen molar-refractivity contribution in [3.63, 3.8) is 0 Å². The number of imidazole rings is 1. The molecule has 108 valence electrons. The summed E-state index contributed by atoms with van der Waals surface area (Å²) in [6.45, 7) is 0.731. The zero-order valence-electron chi connectivity index (χ0n) is 11.8. The molecule has 2 aliphatic rings. The van der Waals surface area contributed by atoms with Gasteiger partial charge in [0.15, 0.2) is 5.78 Å². The number of aryl methyl sites for hydroxylation is 1. The van der Waals surface area contributed by atoms with E-state index in [0.717, 1.165) is 18.7 Å². The fourth-order valence-electron chi connectivity index (χ4n) is 3.78. The van der Waals surface area contributed by atoms with Crippen molar-refractivity contribution in [1.29, 1.82) is 0 Å². The summed E-state index contributed by atoms with van der Waals surface area (Å²) in [4.78, 5) is 17.1. The van der Waals surface area contributed by atoms with Gasteiger partial charge >= 0.3 is 0 Å². The number of hydrogen-bond donors (Lipinski definition) is 0. The first-order valence-corrected chi connectivity index (χ1v) is 7.38. The zero-order valence-corrected chi connectivity index (χ0v) is 11.8. The Bertz CT molecular complexity index is 893. The molecule has 6 heteroatoms. The summed E-state index contributed by atoms with van der Waals surface area (Å²) in [5.74, 6) is 0.0280. The van der Waals surface area contributed by atoms with Crippen molar-refractivity contribution < 1.29 is 4.79 Å². The molecule has 0 bridgehead atoms. The molecule has 2 atom stereocenters. The van der Waals surface area contributed by atoms with E-state index in [0.29, 0.717) is 5.69 Å². The molecule has 0 N–H and O–H groups in total. The van der Waals surface area contributed by atoms with Gasteiger partial charge < -0.3 is 4.57 Å². The molecule has 0 radical (unpaired) electrons. The molecule has 0 aliphatic carbocycles. The highest BCUT2D eigenvalue weighted by Gasteiger charge is 2.40. The SMILES string of the molecule is O=C1c2cnnn2CCC1C1c2ccccc2-c2cncn21. The summed E-state index contributed by atoms with van der Waals surface area (Å²) >= 11 is 0. The first-order valence-electron chi connectivity index (χ1n) is 7.38. The molecule has 2 aromatic heterocycles. The molecule has 6 nitrogen and oxygen atoms in total. The van der Waals surface area contributed by atoms with Gasteiger partial charge in [-0.15, -0.1) is 5.10 Å². The van der Waals surface area contributed by atoms with Gasteiger partial charge in [-0.05, 0) is 12.0 Å². The Morgan fingerprint density at radius 2 is 2.05 bits per heavy atom. The Morgan fingerprint density at radius 3 is 3.00 bits per heavy atom. The number of benzene rings is 1. The zero-order chi connectivity index (χ0) is 14.7. The quantitative estimate of drug-likeness (QED) is 0.687. The lowest BCUT2D eigenvalue weighted by Gasteiger charge is -2.28. The average Bonchev–Trinajstić information content (AvgIpc) is 3.23. The number of rotatable bonds is 1. The minimum atomic E-state index is -0.0948. The molecule has 5 rings (SSSR count). The third-order valence-electron chi connectivity index (χ3n) is 4.76. The predicted molar refractivity (Wildman–Crippen MR) is 78.3 cm³/mol. The summed E-state index contributed by atoms with van der Waals surface area (Å²) < 4.78 is 3.83. The fourth-order valence-corrected chi connectivity index (χ4v) is 3.78. The Labute approximate surface area is 126 Å². The summed E-state index contributed by atoms with van der Waals surface area (Å²) in [5, 5.41) is 7.84. The number of Topliss-reactive ketones (excluding diaryl/α,β-unsaturated/α-hetero) is 1. The molecule has 0 amide bonds. The normalized spacial score (nSPS) is 22.3. The van der Waals surface area contributed by atoms with E-state index < -0.39 is 0 Å². The Kier molecular flexibility index (Phi) is 2.22. The Balaban J connectivity index is 1.66. The third-order valence-corrected chi connectivity index (χ3v) is 4.76. The number of carbonyl (C=O) groups excluding carboxylic acids is 1. The van der Waals surface area contributed by atoms with Gasteiger partial charge in [0.05, 0.1) is 36.4 Å². The first kappa shape index (κ1) is 11.9. The standard InChI is InChI=1S/C16H13N5O/c22-16-12(5-6-21-14(16)8-18-19-21)15-11-4-2-1-3-10(11)13-7-17-9-20(13)15/h1-4,7-9,12,15H,5-6H2. The summed E-state index contributed by atoms with van der Waals surface area (Å²) in [7, 11) is 0. The van der Waals surface area contributed by atoms with E-state index in [4.69, 9.17) is 0 Å². The monoisotopic (exact) mass is 291 g/mol. The number of carbonyl (C=O) groups is 1. The maximum Gasteiger partial charge on any atom is 0.188 e. The van der Waals surface area contributed by atoms with E-state index in [-0.39, 0.29) is 17.7 Å². The smallest absolute Gasteiger partial charge is 0.188 e. The van der Waals surface area contributed by atoms with Crippen LogP contribution in [-0.4, -0.2) is 30.3 Å².